The molecule has 2 aromatic carbocycles. The van der Waals surface area contributed by atoms with Crippen LogP contribution >= 0.6 is 15.9 Å². The van der Waals surface area contributed by atoms with E-state index in [4.69, 9.17) is 0 Å². The Morgan fingerprint density at radius 2 is 1.85 bits per heavy atom. The van der Waals surface area contributed by atoms with E-state index in [1.807, 2.05) is 0 Å². The number of anilines is 1. The van der Waals surface area contributed by atoms with Gasteiger partial charge in [-0.1, -0.05) is 12.1 Å². The minimum Gasteiger partial charge on any atom is -0.320 e. The van der Waals surface area contributed by atoms with Gasteiger partial charge in [0, 0.05) is 22.7 Å². The lowest BCUT2D eigenvalue weighted by atomic mass is 10.1. The second-order valence-corrected chi connectivity index (χ2v) is 5.72. The van der Waals surface area contributed by atoms with Crippen LogP contribution in [0.2, 0.25) is 0 Å². The van der Waals surface area contributed by atoms with Gasteiger partial charge in [0.05, 0.1) is 21.1 Å². The van der Waals surface area contributed by atoms with E-state index in [2.05, 4.69) is 21.2 Å². The maximum absolute atomic E-state index is 12.3. The monoisotopic (exact) mass is 416 g/mol. The molecule has 0 saturated carbocycles. The van der Waals surface area contributed by atoms with Crippen molar-refractivity contribution in [1.29, 1.82) is 5.26 Å². The fraction of sp³-hybridized carbons (Fsp3) is 0. The number of amides is 1. The Balaban J connectivity index is 2.32. The van der Waals surface area contributed by atoms with Crippen LogP contribution in [0.5, 0.6) is 0 Å². The zero-order chi connectivity index (χ0) is 19.3. The summed E-state index contributed by atoms with van der Waals surface area (Å²) < 4.78 is 0.253. The molecule has 0 fully saturated rings. The molecular formula is C16H9BrN4O5. The molecule has 0 unspecified atom stereocenters. The second-order valence-electron chi connectivity index (χ2n) is 4.86. The van der Waals surface area contributed by atoms with Gasteiger partial charge in [-0.05, 0) is 34.1 Å². The van der Waals surface area contributed by atoms with Crippen molar-refractivity contribution in [3.63, 3.8) is 0 Å². The first-order chi connectivity index (χ1) is 12.3. The van der Waals surface area contributed by atoms with E-state index >= 15 is 0 Å². The molecule has 0 aliphatic carbocycles. The largest absolute Gasteiger partial charge is 0.320 e. The Morgan fingerprint density at radius 1 is 1.15 bits per heavy atom. The van der Waals surface area contributed by atoms with Gasteiger partial charge in [0.15, 0.2) is 0 Å². The molecule has 0 saturated heterocycles. The molecule has 10 heteroatoms. The fourth-order valence-corrected chi connectivity index (χ4v) is 2.45. The van der Waals surface area contributed by atoms with Crippen LogP contribution in [0.15, 0.2) is 52.5 Å². The van der Waals surface area contributed by atoms with Crippen LogP contribution in [-0.2, 0) is 4.79 Å². The third kappa shape index (κ3) is 4.28. The highest BCUT2D eigenvalue weighted by Gasteiger charge is 2.17. The number of carbonyl (C=O) groups excluding carboxylic acids is 1. The topological polar surface area (TPSA) is 139 Å². The van der Waals surface area contributed by atoms with Gasteiger partial charge in [-0.3, -0.25) is 25.0 Å². The number of nitro groups is 2. The van der Waals surface area contributed by atoms with Gasteiger partial charge in [-0.25, -0.2) is 0 Å². The normalized spacial score (nSPS) is 10.7. The molecule has 9 nitrogen and oxygen atoms in total. The first-order valence-corrected chi connectivity index (χ1v) is 7.73. The van der Waals surface area contributed by atoms with Gasteiger partial charge >= 0.3 is 0 Å². The number of nitriles is 1. The zero-order valence-corrected chi connectivity index (χ0v) is 14.5. The number of hydrogen-bond donors (Lipinski definition) is 1. The van der Waals surface area contributed by atoms with Crippen molar-refractivity contribution in [2.75, 3.05) is 5.32 Å². The van der Waals surface area contributed by atoms with E-state index in [0.29, 0.717) is 0 Å². The summed E-state index contributed by atoms with van der Waals surface area (Å²) >= 11 is 3.10. The smallest absolute Gasteiger partial charge is 0.276 e. The van der Waals surface area contributed by atoms with Crippen LogP contribution in [-0.4, -0.2) is 15.8 Å². The van der Waals surface area contributed by atoms with E-state index in [0.717, 1.165) is 6.08 Å². The SMILES string of the molecule is N#C/C(=C/c1ccccc1[N+](=O)[O-])C(=O)Nc1ccc([N+](=O)[O-])cc1Br. The molecule has 1 amide bonds. The predicted molar refractivity (Wildman–Crippen MR) is 96.1 cm³/mol. The number of carbonyl (C=O) groups is 1. The fourth-order valence-electron chi connectivity index (χ4n) is 1.99. The molecule has 0 radical (unpaired) electrons. The molecule has 0 aliphatic rings. The lowest BCUT2D eigenvalue weighted by Gasteiger charge is -2.06. The average molecular weight is 417 g/mol. The highest BCUT2D eigenvalue weighted by atomic mass is 79.9. The Kier molecular flexibility index (Phi) is 5.77. The first kappa shape index (κ1) is 18.8. The van der Waals surface area contributed by atoms with Crippen LogP contribution in [0.4, 0.5) is 17.1 Å². The average Bonchev–Trinajstić information content (AvgIpc) is 2.61. The maximum Gasteiger partial charge on any atom is 0.276 e. The summed E-state index contributed by atoms with van der Waals surface area (Å²) in [6.45, 7) is 0. The van der Waals surface area contributed by atoms with E-state index in [-0.39, 0.29) is 32.7 Å². The van der Waals surface area contributed by atoms with Crippen LogP contribution in [0.1, 0.15) is 5.56 Å². The molecule has 0 heterocycles. The van der Waals surface area contributed by atoms with Crippen molar-refractivity contribution < 1.29 is 14.6 Å². The van der Waals surface area contributed by atoms with E-state index < -0.39 is 15.8 Å². The standard InChI is InChI=1S/C16H9BrN4O5/c17-13-8-12(20(23)24)5-6-14(13)19-16(22)11(9-18)7-10-3-1-2-4-15(10)21(25)26/h1-8H,(H,19,22)/b11-7-. The van der Waals surface area contributed by atoms with Crippen LogP contribution < -0.4 is 5.32 Å². The van der Waals surface area contributed by atoms with Crippen molar-refractivity contribution in [3.05, 3.63) is 78.3 Å². The van der Waals surface area contributed by atoms with Crippen LogP contribution in [0.3, 0.4) is 0 Å². The number of nitro benzene ring substituents is 2. The van der Waals surface area contributed by atoms with Gasteiger partial charge in [0.2, 0.25) is 0 Å². The molecule has 0 bridgehead atoms. The number of nitrogens with zero attached hydrogens (tertiary/aromatic N) is 3. The van der Waals surface area contributed by atoms with Crippen molar-refractivity contribution in [2.24, 2.45) is 0 Å². The van der Waals surface area contributed by atoms with Crippen molar-refractivity contribution >= 4 is 45.0 Å². The summed E-state index contributed by atoms with van der Waals surface area (Å²) in [5.74, 6) is -0.805. The van der Waals surface area contributed by atoms with Gasteiger partial charge in [-0.2, -0.15) is 5.26 Å². The summed E-state index contributed by atoms with van der Waals surface area (Å²) in [5, 5.41) is 33.4. The summed E-state index contributed by atoms with van der Waals surface area (Å²) in [6, 6.07) is 11.1. The number of nitrogens with one attached hydrogen (secondary N) is 1. The highest BCUT2D eigenvalue weighted by molar-refractivity contribution is 9.10. The maximum atomic E-state index is 12.3. The first-order valence-electron chi connectivity index (χ1n) is 6.94. The summed E-state index contributed by atoms with van der Waals surface area (Å²) in [5.41, 5.74) is -0.462. The molecule has 0 spiro atoms. The summed E-state index contributed by atoms with van der Waals surface area (Å²) in [4.78, 5) is 32.8. The highest BCUT2D eigenvalue weighted by Crippen LogP contribution is 2.28. The van der Waals surface area contributed by atoms with Crippen molar-refractivity contribution in [1.82, 2.24) is 0 Å². The summed E-state index contributed by atoms with van der Waals surface area (Å²) in [6.07, 6.45) is 1.10. The lowest BCUT2D eigenvalue weighted by molar-refractivity contribution is -0.385. The zero-order valence-electron chi connectivity index (χ0n) is 12.9. The van der Waals surface area contributed by atoms with E-state index in [1.165, 1.54) is 36.4 Å². The Labute approximate surface area is 155 Å². The van der Waals surface area contributed by atoms with E-state index in [9.17, 15) is 30.3 Å². The Bertz CT molecular complexity index is 981. The molecule has 1 N–H and O–H groups in total. The van der Waals surface area contributed by atoms with Crippen molar-refractivity contribution in [2.45, 2.75) is 0 Å². The number of para-hydroxylation sites is 1. The number of halogens is 1. The third-order valence-corrected chi connectivity index (χ3v) is 3.87. The molecule has 0 atom stereocenters. The van der Waals surface area contributed by atoms with Crippen LogP contribution in [0, 0.1) is 31.6 Å². The number of benzene rings is 2. The number of non-ortho nitro benzene ring substituents is 1. The van der Waals surface area contributed by atoms with Gasteiger partial charge < -0.3 is 5.32 Å². The Morgan fingerprint density at radius 3 is 2.42 bits per heavy atom. The van der Waals surface area contributed by atoms with Gasteiger partial charge in [0.1, 0.15) is 11.6 Å². The quantitative estimate of drug-likeness (QED) is 0.340. The van der Waals surface area contributed by atoms with Crippen LogP contribution in [0.25, 0.3) is 6.08 Å². The predicted octanol–water partition coefficient (Wildman–Crippen LogP) is 3.81. The molecule has 2 aromatic rings. The molecule has 2 rings (SSSR count). The minimum atomic E-state index is -0.805. The second kappa shape index (κ2) is 8.00. The number of hydrogen-bond acceptors (Lipinski definition) is 6. The molecule has 130 valence electrons. The lowest BCUT2D eigenvalue weighted by Crippen LogP contribution is -2.14. The third-order valence-electron chi connectivity index (χ3n) is 3.21. The molecule has 26 heavy (non-hydrogen) atoms. The van der Waals surface area contributed by atoms with Gasteiger partial charge in [-0.15, -0.1) is 0 Å². The summed E-state index contributed by atoms with van der Waals surface area (Å²) in [7, 11) is 0. The molecule has 0 aromatic heterocycles. The molecule has 0 aliphatic heterocycles. The van der Waals surface area contributed by atoms with Gasteiger partial charge in [0.25, 0.3) is 17.3 Å². The molecular weight excluding hydrogens is 408 g/mol. The van der Waals surface area contributed by atoms with Crippen molar-refractivity contribution in [3.8, 4) is 6.07 Å². The number of rotatable bonds is 5. The minimum absolute atomic E-state index is 0.104. The Hall–Kier alpha value is -3.58. The van der Waals surface area contributed by atoms with E-state index in [1.54, 1.807) is 12.1 Å².